The Hall–Kier alpha value is -3.60. The first-order valence-electron chi connectivity index (χ1n) is 12.2. The number of anilines is 1. The van der Waals surface area contributed by atoms with E-state index in [9.17, 15) is 14.7 Å². The summed E-state index contributed by atoms with van der Waals surface area (Å²) in [6, 6.07) is 4.29. The molecule has 1 aromatic rings. The fourth-order valence-electron chi connectivity index (χ4n) is 2.96. The largest absolute Gasteiger partial charge is 0.507 e. The normalized spacial score (nSPS) is 12.3. The number of phenolic OH excluding ortho intramolecular Hbond substituents is 1. The second kappa shape index (κ2) is 19.8. The van der Waals surface area contributed by atoms with Crippen LogP contribution in [0.4, 0.5) is 5.69 Å². The third-order valence-corrected chi connectivity index (χ3v) is 4.82. The molecule has 2 N–H and O–H groups in total. The predicted octanol–water partition coefficient (Wildman–Crippen LogP) is 7.60. The summed E-state index contributed by atoms with van der Waals surface area (Å²) in [6.07, 6.45) is 32.5. The molecule has 0 atom stereocenters. The lowest BCUT2D eigenvalue weighted by Crippen LogP contribution is -2.11. The summed E-state index contributed by atoms with van der Waals surface area (Å²) < 4.78 is 4.61. The minimum Gasteiger partial charge on any atom is -0.507 e. The van der Waals surface area contributed by atoms with Crippen LogP contribution in [0.5, 0.6) is 5.75 Å². The minimum absolute atomic E-state index is 0.0160. The first-order valence-corrected chi connectivity index (χ1v) is 12.2. The van der Waals surface area contributed by atoms with Gasteiger partial charge in [-0.3, -0.25) is 4.79 Å². The van der Waals surface area contributed by atoms with Crippen LogP contribution in [0.2, 0.25) is 0 Å². The van der Waals surface area contributed by atoms with Crippen molar-refractivity contribution in [3.63, 3.8) is 0 Å². The number of esters is 1. The number of ether oxygens (including phenoxy) is 1. The molecule has 0 fully saturated rings. The molecule has 1 aromatic carbocycles. The zero-order valence-corrected chi connectivity index (χ0v) is 21.0. The second-order valence-electron chi connectivity index (χ2n) is 7.73. The molecule has 0 spiro atoms. The van der Waals surface area contributed by atoms with E-state index < -0.39 is 5.97 Å². The predicted molar refractivity (Wildman–Crippen MR) is 146 cm³/mol. The van der Waals surface area contributed by atoms with E-state index in [1.165, 1.54) is 25.3 Å². The number of rotatable bonds is 16. The molecule has 1 rings (SSSR count). The highest BCUT2D eigenvalue weighted by Gasteiger charge is 2.13. The second-order valence-corrected chi connectivity index (χ2v) is 7.73. The van der Waals surface area contributed by atoms with Crippen molar-refractivity contribution >= 4 is 17.6 Å². The number of carbonyl (C=O) groups excluding carboxylic acids is 2. The Kier molecular flexibility index (Phi) is 16.7. The number of allylic oxidation sites excluding steroid dienone is 12. The highest BCUT2D eigenvalue weighted by atomic mass is 16.5. The number of methoxy groups -OCH3 is 1. The Morgan fingerprint density at radius 2 is 1.29 bits per heavy atom. The summed E-state index contributed by atoms with van der Waals surface area (Å²) in [5.74, 6) is -1.00. The molecule has 1 amide bonds. The van der Waals surface area contributed by atoms with E-state index in [0.717, 1.165) is 38.5 Å². The molecule has 0 heterocycles. The molecule has 0 aliphatic rings. The van der Waals surface area contributed by atoms with Crippen LogP contribution < -0.4 is 5.32 Å². The van der Waals surface area contributed by atoms with Gasteiger partial charge in [0.05, 0.1) is 7.11 Å². The Labute approximate surface area is 210 Å². The fourth-order valence-corrected chi connectivity index (χ4v) is 2.96. The Balaban J connectivity index is 2.14. The molecule has 0 aromatic heterocycles. The number of phenols is 1. The van der Waals surface area contributed by atoms with Gasteiger partial charge in [0.15, 0.2) is 0 Å². The van der Waals surface area contributed by atoms with Crippen LogP contribution in [-0.4, -0.2) is 24.1 Å². The van der Waals surface area contributed by atoms with Gasteiger partial charge in [-0.1, -0.05) is 79.8 Å². The summed E-state index contributed by atoms with van der Waals surface area (Å²) in [4.78, 5) is 23.7. The lowest BCUT2D eigenvalue weighted by atomic mass is 10.1. The monoisotopic (exact) mass is 477 g/mol. The van der Waals surface area contributed by atoms with Crippen molar-refractivity contribution in [3.8, 4) is 5.75 Å². The van der Waals surface area contributed by atoms with Gasteiger partial charge in [-0.2, -0.15) is 0 Å². The molecule has 188 valence electrons. The molecular weight excluding hydrogens is 438 g/mol. The molecule has 35 heavy (non-hydrogen) atoms. The fraction of sp³-hybridized carbons (Fsp3) is 0.333. The van der Waals surface area contributed by atoms with Crippen LogP contribution in [0.25, 0.3) is 0 Å². The van der Waals surface area contributed by atoms with Crippen molar-refractivity contribution in [2.75, 3.05) is 12.4 Å². The van der Waals surface area contributed by atoms with Crippen molar-refractivity contribution in [1.82, 2.24) is 0 Å². The van der Waals surface area contributed by atoms with Gasteiger partial charge in [0.1, 0.15) is 11.3 Å². The molecular formula is C30H39NO4. The van der Waals surface area contributed by atoms with Crippen molar-refractivity contribution in [1.29, 1.82) is 0 Å². The van der Waals surface area contributed by atoms with Crippen LogP contribution in [-0.2, 0) is 9.53 Å². The van der Waals surface area contributed by atoms with Gasteiger partial charge in [0.25, 0.3) is 0 Å². The first-order chi connectivity index (χ1) is 17.1. The lowest BCUT2D eigenvalue weighted by molar-refractivity contribution is -0.116. The highest BCUT2D eigenvalue weighted by molar-refractivity contribution is 5.96. The van der Waals surface area contributed by atoms with Crippen molar-refractivity contribution < 1.29 is 19.4 Å². The average Bonchev–Trinajstić information content (AvgIpc) is 2.86. The molecule has 0 aliphatic carbocycles. The summed E-state index contributed by atoms with van der Waals surface area (Å²) in [7, 11) is 1.24. The molecule has 0 aliphatic heterocycles. The minimum atomic E-state index is -0.656. The maximum atomic E-state index is 12.1. The summed E-state index contributed by atoms with van der Waals surface area (Å²) in [5, 5.41) is 12.4. The Morgan fingerprint density at radius 3 is 1.77 bits per heavy atom. The van der Waals surface area contributed by atoms with Gasteiger partial charge in [-0.25, -0.2) is 4.79 Å². The van der Waals surface area contributed by atoms with Crippen LogP contribution in [0.15, 0.2) is 91.1 Å². The van der Waals surface area contributed by atoms with E-state index in [1.54, 1.807) is 0 Å². The topological polar surface area (TPSA) is 75.6 Å². The van der Waals surface area contributed by atoms with E-state index in [4.69, 9.17) is 0 Å². The van der Waals surface area contributed by atoms with Crippen LogP contribution in [0, 0.1) is 0 Å². The number of hydrogen-bond acceptors (Lipinski definition) is 4. The zero-order chi connectivity index (χ0) is 25.6. The Bertz CT molecular complexity index is 936. The number of amides is 1. The molecule has 0 unspecified atom stereocenters. The van der Waals surface area contributed by atoms with E-state index in [0.29, 0.717) is 18.5 Å². The number of benzene rings is 1. The molecule has 0 bridgehead atoms. The van der Waals surface area contributed by atoms with Gasteiger partial charge in [0, 0.05) is 12.1 Å². The van der Waals surface area contributed by atoms with Crippen molar-refractivity contribution in [2.45, 2.75) is 58.3 Å². The summed E-state index contributed by atoms with van der Waals surface area (Å²) in [6.45, 7) is 2.14. The smallest absolute Gasteiger partial charge is 0.341 e. The number of nitrogens with one attached hydrogen (secondary N) is 1. The first kappa shape index (κ1) is 29.4. The summed E-state index contributed by atoms with van der Waals surface area (Å²) >= 11 is 0. The van der Waals surface area contributed by atoms with Gasteiger partial charge in [-0.15, -0.1) is 0 Å². The van der Waals surface area contributed by atoms with E-state index >= 15 is 0 Å². The summed E-state index contributed by atoms with van der Waals surface area (Å²) in [5.41, 5.74) is 0.457. The number of carbonyl (C=O) groups is 2. The maximum absolute atomic E-state index is 12.1. The Morgan fingerprint density at radius 1 is 0.800 bits per heavy atom. The SMILES string of the molecule is CCC=CCC=CCC=CCC=CCC=CCC=CCCC(=O)Nc1ccc(O)c(C(=O)OC)c1. The van der Waals surface area contributed by atoms with E-state index in [1.807, 2.05) is 12.2 Å². The lowest BCUT2D eigenvalue weighted by Gasteiger charge is -2.07. The van der Waals surface area contributed by atoms with Gasteiger partial charge in [0.2, 0.25) is 5.91 Å². The average molecular weight is 478 g/mol. The zero-order valence-electron chi connectivity index (χ0n) is 21.0. The number of aromatic hydroxyl groups is 1. The van der Waals surface area contributed by atoms with Crippen molar-refractivity contribution in [2.24, 2.45) is 0 Å². The molecule has 0 radical (unpaired) electrons. The molecule has 0 saturated heterocycles. The van der Waals surface area contributed by atoms with Gasteiger partial charge in [-0.05, 0) is 63.1 Å². The molecule has 5 nitrogen and oxygen atoms in total. The standard InChI is InChI=1S/C30H39NO4/c1-3-4-5-6-7-8-9-10-11-12-13-14-15-16-17-18-19-20-21-22-29(33)31-26-23-24-28(32)27(25-26)30(34)35-2/h4-5,7-8,10-11,13-14,16-17,19-20,23-25,32H,3,6,9,12,15,18,21-22H2,1-2H3,(H,31,33). The van der Waals surface area contributed by atoms with E-state index in [2.05, 4.69) is 77.7 Å². The maximum Gasteiger partial charge on any atom is 0.341 e. The molecule has 0 saturated carbocycles. The third-order valence-electron chi connectivity index (χ3n) is 4.82. The van der Waals surface area contributed by atoms with Crippen LogP contribution >= 0.6 is 0 Å². The van der Waals surface area contributed by atoms with Crippen LogP contribution in [0.1, 0.15) is 68.6 Å². The number of hydrogen-bond donors (Lipinski definition) is 2. The quantitative estimate of drug-likeness (QED) is 0.146. The highest BCUT2D eigenvalue weighted by Crippen LogP contribution is 2.22. The van der Waals surface area contributed by atoms with E-state index in [-0.39, 0.29) is 17.2 Å². The molecule has 5 heteroatoms. The third kappa shape index (κ3) is 15.0. The van der Waals surface area contributed by atoms with Crippen molar-refractivity contribution in [3.05, 3.63) is 96.7 Å². The van der Waals surface area contributed by atoms with Gasteiger partial charge >= 0.3 is 5.97 Å². The van der Waals surface area contributed by atoms with Gasteiger partial charge < -0.3 is 15.2 Å². The van der Waals surface area contributed by atoms with Crippen LogP contribution in [0.3, 0.4) is 0 Å².